The number of anilines is 2. The van der Waals surface area contributed by atoms with Crippen LogP contribution in [0.15, 0.2) is 41.3 Å². The molecule has 1 heterocycles. The van der Waals surface area contributed by atoms with E-state index in [1.54, 1.807) is 13.0 Å². The molecule has 2 aromatic rings. The lowest BCUT2D eigenvalue weighted by Gasteiger charge is -2.24. The summed E-state index contributed by atoms with van der Waals surface area (Å²) in [6, 6.07) is 7.28. The van der Waals surface area contributed by atoms with Gasteiger partial charge in [0.1, 0.15) is 5.69 Å². The Bertz CT molecular complexity index is 1010. The van der Waals surface area contributed by atoms with Gasteiger partial charge in [0.25, 0.3) is 5.69 Å². The maximum absolute atomic E-state index is 12.8. The van der Waals surface area contributed by atoms with Crippen LogP contribution in [0.1, 0.15) is 17.5 Å². The number of rotatable bonds is 4. The molecule has 1 aliphatic heterocycles. The van der Waals surface area contributed by atoms with Gasteiger partial charge in [-0.15, -0.1) is 11.8 Å². The molecule has 2 amide bonds. The Kier molecular flexibility index (Phi) is 5.51. The number of nitro benzene ring substituents is 1. The second-order valence-electron chi connectivity index (χ2n) is 6.33. The van der Waals surface area contributed by atoms with Crippen LogP contribution < -0.4 is 10.6 Å². The number of benzene rings is 2. The van der Waals surface area contributed by atoms with Gasteiger partial charge in [-0.2, -0.15) is 13.2 Å². The van der Waals surface area contributed by atoms with Crippen LogP contribution >= 0.6 is 11.8 Å². The van der Waals surface area contributed by atoms with Crippen molar-refractivity contribution >= 4 is 40.6 Å². The number of halogens is 3. The van der Waals surface area contributed by atoms with Crippen LogP contribution in [0.25, 0.3) is 0 Å². The van der Waals surface area contributed by atoms with Gasteiger partial charge < -0.3 is 10.6 Å². The summed E-state index contributed by atoms with van der Waals surface area (Å²) < 4.78 is 38.4. The summed E-state index contributed by atoms with van der Waals surface area (Å²) in [7, 11) is 0. The van der Waals surface area contributed by atoms with E-state index >= 15 is 0 Å². The van der Waals surface area contributed by atoms with Crippen LogP contribution in [0.4, 0.5) is 30.2 Å². The highest BCUT2D eigenvalue weighted by atomic mass is 32.2. The molecule has 152 valence electrons. The normalized spacial score (nSPS) is 16.0. The van der Waals surface area contributed by atoms with Crippen LogP contribution in [0.2, 0.25) is 0 Å². The van der Waals surface area contributed by atoms with E-state index in [1.165, 1.54) is 18.2 Å². The molecule has 0 spiro atoms. The quantitative estimate of drug-likeness (QED) is 0.560. The predicted molar refractivity (Wildman–Crippen MR) is 101 cm³/mol. The predicted octanol–water partition coefficient (Wildman–Crippen LogP) is 4.36. The molecular weight excluding hydrogens is 411 g/mol. The lowest BCUT2D eigenvalue weighted by atomic mass is 10.1. The number of hydrogen-bond acceptors (Lipinski definition) is 5. The van der Waals surface area contributed by atoms with E-state index in [1.807, 2.05) is 0 Å². The standard InChI is InChI=1S/C18H14F3N3O4S/c1-9-2-4-11(13(6-9)24(27)28)22-16(25)8-15-17(26)23-12-7-10(18(19,20)21)3-5-14(12)29-15/h2-7,15H,8H2,1H3,(H,22,25)(H,23,26)/t15-/m0/s1. The van der Waals surface area contributed by atoms with Crippen molar-refractivity contribution in [1.82, 2.24) is 0 Å². The highest BCUT2D eigenvalue weighted by molar-refractivity contribution is 8.01. The molecule has 0 aliphatic carbocycles. The largest absolute Gasteiger partial charge is 0.416 e. The molecular formula is C18H14F3N3O4S. The van der Waals surface area contributed by atoms with E-state index in [0.717, 1.165) is 23.9 Å². The molecule has 7 nitrogen and oxygen atoms in total. The highest BCUT2D eigenvalue weighted by Crippen LogP contribution is 2.40. The molecule has 0 unspecified atom stereocenters. The molecule has 2 N–H and O–H groups in total. The number of nitro groups is 1. The van der Waals surface area contributed by atoms with Crippen molar-refractivity contribution in [2.75, 3.05) is 10.6 Å². The molecule has 0 fully saturated rings. The van der Waals surface area contributed by atoms with Crippen molar-refractivity contribution in [2.45, 2.75) is 29.7 Å². The van der Waals surface area contributed by atoms with Crippen molar-refractivity contribution in [3.05, 3.63) is 57.6 Å². The lowest BCUT2D eigenvalue weighted by molar-refractivity contribution is -0.384. The fourth-order valence-electron chi connectivity index (χ4n) is 2.73. The van der Waals surface area contributed by atoms with Gasteiger partial charge in [0, 0.05) is 17.4 Å². The summed E-state index contributed by atoms with van der Waals surface area (Å²) >= 11 is 0.962. The summed E-state index contributed by atoms with van der Waals surface area (Å²) in [5.41, 5.74) is -0.487. The number of aryl methyl sites for hydroxylation is 1. The van der Waals surface area contributed by atoms with Crippen molar-refractivity contribution in [3.8, 4) is 0 Å². The average molecular weight is 425 g/mol. The Labute approximate surface area is 166 Å². The third kappa shape index (κ3) is 4.67. The number of nitrogens with zero attached hydrogens (tertiary/aromatic N) is 1. The molecule has 1 aliphatic rings. The molecule has 1 atom stereocenters. The van der Waals surface area contributed by atoms with E-state index < -0.39 is 33.7 Å². The third-order valence-corrected chi connectivity index (χ3v) is 5.40. The highest BCUT2D eigenvalue weighted by Gasteiger charge is 2.34. The fraction of sp³-hybridized carbons (Fsp3) is 0.222. The number of carbonyl (C=O) groups is 2. The van der Waals surface area contributed by atoms with Gasteiger partial charge in [0.15, 0.2) is 0 Å². The zero-order valence-electron chi connectivity index (χ0n) is 14.9. The minimum Gasteiger partial charge on any atom is -0.324 e. The van der Waals surface area contributed by atoms with Crippen molar-refractivity contribution in [3.63, 3.8) is 0 Å². The van der Waals surface area contributed by atoms with Crippen LogP contribution in [0.3, 0.4) is 0 Å². The van der Waals surface area contributed by atoms with E-state index in [2.05, 4.69) is 10.6 Å². The number of nitrogens with one attached hydrogen (secondary N) is 2. The summed E-state index contributed by atoms with van der Waals surface area (Å²) in [6.07, 6.45) is -4.84. The Morgan fingerprint density at radius 2 is 2.00 bits per heavy atom. The van der Waals surface area contributed by atoms with Gasteiger partial charge in [-0.25, -0.2) is 0 Å². The summed E-state index contributed by atoms with van der Waals surface area (Å²) in [5, 5.41) is 15.1. The maximum Gasteiger partial charge on any atom is 0.416 e. The fourth-order valence-corrected chi connectivity index (χ4v) is 3.82. The van der Waals surface area contributed by atoms with E-state index in [4.69, 9.17) is 0 Å². The smallest absolute Gasteiger partial charge is 0.324 e. The molecule has 0 saturated carbocycles. The number of thioether (sulfide) groups is 1. The van der Waals surface area contributed by atoms with E-state index in [-0.39, 0.29) is 23.5 Å². The first kappa shape index (κ1) is 20.6. The van der Waals surface area contributed by atoms with Gasteiger partial charge in [-0.3, -0.25) is 19.7 Å². The van der Waals surface area contributed by atoms with E-state index in [0.29, 0.717) is 10.5 Å². The van der Waals surface area contributed by atoms with Crippen molar-refractivity contribution in [1.29, 1.82) is 0 Å². The number of hydrogen-bond donors (Lipinski definition) is 2. The molecule has 11 heteroatoms. The first-order chi connectivity index (χ1) is 13.5. The van der Waals surface area contributed by atoms with Crippen molar-refractivity contribution < 1.29 is 27.7 Å². The Balaban J connectivity index is 1.73. The molecule has 0 bridgehead atoms. The molecule has 2 aromatic carbocycles. The number of fused-ring (bicyclic) bond motifs is 1. The molecule has 29 heavy (non-hydrogen) atoms. The molecule has 0 saturated heterocycles. The minimum absolute atomic E-state index is 0.00189. The van der Waals surface area contributed by atoms with Crippen LogP contribution in [-0.4, -0.2) is 22.0 Å². The Morgan fingerprint density at radius 3 is 2.66 bits per heavy atom. The SMILES string of the molecule is Cc1ccc(NC(=O)C[C@@H]2Sc3ccc(C(F)(F)F)cc3NC2=O)c([N+](=O)[O-])c1. The topological polar surface area (TPSA) is 101 Å². The van der Waals surface area contributed by atoms with Crippen LogP contribution in [-0.2, 0) is 15.8 Å². The third-order valence-electron chi connectivity index (χ3n) is 4.12. The Morgan fingerprint density at radius 1 is 1.28 bits per heavy atom. The number of carbonyl (C=O) groups excluding carboxylic acids is 2. The molecule has 3 rings (SSSR count). The first-order valence-corrected chi connectivity index (χ1v) is 9.16. The second-order valence-corrected chi connectivity index (χ2v) is 7.58. The Hall–Kier alpha value is -3.08. The number of alkyl halides is 3. The summed E-state index contributed by atoms with van der Waals surface area (Å²) in [5.74, 6) is -1.24. The van der Waals surface area contributed by atoms with Gasteiger partial charge in [-0.05, 0) is 36.8 Å². The first-order valence-electron chi connectivity index (χ1n) is 8.28. The second kappa shape index (κ2) is 7.74. The van der Waals surface area contributed by atoms with Crippen LogP contribution in [0.5, 0.6) is 0 Å². The monoisotopic (exact) mass is 425 g/mol. The maximum atomic E-state index is 12.8. The van der Waals surface area contributed by atoms with Gasteiger partial charge in [0.05, 0.1) is 21.4 Å². The zero-order valence-corrected chi connectivity index (χ0v) is 15.7. The summed E-state index contributed by atoms with van der Waals surface area (Å²) in [4.78, 5) is 35.4. The van der Waals surface area contributed by atoms with Gasteiger partial charge in [-0.1, -0.05) is 6.07 Å². The molecule has 0 radical (unpaired) electrons. The zero-order chi connectivity index (χ0) is 21.3. The van der Waals surface area contributed by atoms with Crippen LogP contribution in [0, 0.1) is 17.0 Å². The molecule has 0 aromatic heterocycles. The lowest BCUT2D eigenvalue weighted by Crippen LogP contribution is -2.32. The van der Waals surface area contributed by atoms with Gasteiger partial charge in [0.2, 0.25) is 11.8 Å². The van der Waals surface area contributed by atoms with E-state index in [9.17, 15) is 32.9 Å². The van der Waals surface area contributed by atoms with Crippen molar-refractivity contribution in [2.24, 2.45) is 0 Å². The average Bonchev–Trinajstić information content (AvgIpc) is 2.62. The minimum atomic E-state index is -4.54. The number of amides is 2. The van der Waals surface area contributed by atoms with Gasteiger partial charge >= 0.3 is 6.18 Å². The summed E-state index contributed by atoms with van der Waals surface area (Å²) in [6.45, 7) is 1.67.